The Balaban J connectivity index is 1.30. The van der Waals surface area contributed by atoms with E-state index >= 15 is 0 Å². The first-order valence-electron chi connectivity index (χ1n) is 12.2. The number of sulfonamides is 1. The monoisotopic (exact) mass is 536 g/mol. The molecule has 0 aliphatic carbocycles. The van der Waals surface area contributed by atoms with Gasteiger partial charge in [-0.2, -0.15) is 4.31 Å². The lowest BCUT2D eigenvalue weighted by Crippen LogP contribution is -2.39. The fourth-order valence-electron chi connectivity index (χ4n) is 4.76. The second-order valence-electron chi connectivity index (χ2n) is 9.09. The van der Waals surface area contributed by atoms with Crippen LogP contribution < -0.4 is 0 Å². The average molecular weight is 537 g/mol. The van der Waals surface area contributed by atoms with Crippen LogP contribution in [0.1, 0.15) is 18.5 Å². The van der Waals surface area contributed by atoms with E-state index < -0.39 is 10.0 Å². The van der Waals surface area contributed by atoms with Crippen LogP contribution in [0.4, 0.5) is 4.39 Å². The van der Waals surface area contributed by atoms with Crippen molar-refractivity contribution in [3.8, 4) is 11.3 Å². The van der Waals surface area contributed by atoms with Gasteiger partial charge < -0.3 is 4.74 Å². The van der Waals surface area contributed by atoms with Crippen molar-refractivity contribution in [1.82, 2.24) is 18.7 Å². The summed E-state index contributed by atoms with van der Waals surface area (Å²) in [7, 11) is -3.83. The maximum absolute atomic E-state index is 14.0. The smallest absolute Gasteiger partial charge is 0.245 e. The van der Waals surface area contributed by atoms with Crippen LogP contribution in [0.15, 0.2) is 77.3 Å². The predicted octanol–water partition coefficient (Wildman–Crippen LogP) is 5.16. The highest BCUT2D eigenvalue weighted by molar-refractivity contribution is 7.89. The van der Waals surface area contributed by atoms with E-state index in [1.807, 2.05) is 28.1 Å². The number of para-hydroxylation sites is 1. The summed E-state index contributed by atoms with van der Waals surface area (Å²) in [6.07, 6.45) is 5.68. The first kappa shape index (κ1) is 24.2. The number of fused-ring (bicyclic) bond motifs is 2. The van der Waals surface area contributed by atoms with Crippen molar-refractivity contribution in [2.24, 2.45) is 0 Å². The highest BCUT2D eigenvalue weighted by Crippen LogP contribution is 2.28. The molecule has 7 nitrogen and oxygen atoms in total. The molecular weight excluding hydrogens is 511 g/mol. The number of rotatable bonds is 8. The Bertz CT molecular complexity index is 1650. The molecule has 0 amide bonds. The molecule has 0 bridgehead atoms. The Kier molecular flexibility index (Phi) is 6.49. The lowest BCUT2D eigenvalue weighted by molar-refractivity contribution is 0.0939. The topological polar surface area (TPSA) is 76.8 Å². The fraction of sp³-hybridized carbons (Fsp3) is 0.259. The molecule has 0 saturated carbocycles. The number of benzene rings is 2. The molecule has 6 rings (SSSR count). The van der Waals surface area contributed by atoms with Crippen LogP contribution in [-0.4, -0.2) is 52.9 Å². The summed E-state index contributed by atoms with van der Waals surface area (Å²) in [6, 6.07) is 15.2. The summed E-state index contributed by atoms with van der Waals surface area (Å²) in [4.78, 5) is 10.1. The third-order valence-corrected chi connectivity index (χ3v) is 9.47. The van der Waals surface area contributed by atoms with Crippen molar-refractivity contribution in [2.75, 3.05) is 19.7 Å². The van der Waals surface area contributed by atoms with Gasteiger partial charge in [0.05, 0.1) is 17.3 Å². The molecular formula is C27H25FN4O3S2. The lowest BCUT2D eigenvalue weighted by Gasteiger charge is -2.25. The molecule has 1 unspecified atom stereocenters. The number of hydrogen-bond acceptors (Lipinski definition) is 6. The number of aromatic nitrogens is 3. The number of pyridine rings is 1. The highest BCUT2D eigenvalue weighted by Gasteiger charge is 2.31. The second kappa shape index (κ2) is 9.94. The van der Waals surface area contributed by atoms with Gasteiger partial charge in [-0.05, 0) is 49.2 Å². The second-order valence-corrected chi connectivity index (χ2v) is 11.8. The summed E-state index contributed by atoms with van der Waals surface area (Å²) in [6.45, 7) is 1.24. The summed E-state index contributed by atoms with van der Waals surface area (Å²) in [5.41, 5.74) is 3.01. The van der Waals surface area contributed by atoms with Gasteiger partial charge in [-0.15, -0.1) is 11.3 Å². The van der Waals surface area contributed by atoms with Crippen molar-refractivity contribution >= 4 is 37.2 Å². The van der Waals surface area contributed by atoms with Crippen LogP contribution in [0.25, 0.3) is 27.1 Å². The quantitative estimate of drug-likeness (QED) is 0.274. The Morgan fingerprint density at radius 3 is 2.78 bits per heavy atom. The highest BCUT2D eigenvalue weighted by atomic mass is 32.2. The molecule has 1 aliphatic rings. The number of nitrogens with zero attached hydrogens (tertiary/aromatic N) is 4. The Hall–Kier alpha value is -3.18. The first-order chi connectivity index (χ1) is 18.0. The first-order valence-corrected chi connectivity index (χ1v) is 14.5. The molecule has 4 heterocycles. The van der Waals surface area contributed by atoms with E-state index in [0.717, 1.165) is 40.1 Å². The Morgan fingerprint density at radius 1 is 1.14 bits per heavy atom. The van der Waals surface area contributed by atoms with Gasteiger partial charge >= 0.3 is 0 Å². The summed E-state index contributed by atoms with van der Waals surface area (Å²) in [5, 5.41) is 2.79. The van der Waals surface area contributed by atoms with Gasteiger partial charge in [0.2, 0.25) is 10.0 Å². The van der Waals surface area contributed by atoms with Crippen LogP contribution in [0.2, 0.25) is 0 Å². The molecule has 0 spiro atoms. The van der Waals surface area contributed by atoms with Crippen molar-refractivity contribution < 1.29 is 17.5 Å². The standard InChI is InChI=1S/C27H25FN4O3S2/c28-21-10-8-19(9-11-21)24-17-32-22(18-36-27(32)30-24)12-14-31(16-23-6-3-15-35-23)37(33,34)25-7-1-4-20-5-2-13-29-26(20)25/h1-2,4-5,7-11,13,17-18,23H,3,6,12,14-16H2. The lowest BCUT2D eigenvalue weighted by atomic mass is 10.2. The molecule has 0 radical (unpaired) electrons. The molecule has 1 atom stereocenters. The number of imidazole rings is 1. The van der Waals surface area contributed by atoms with Crippen LogP contribution in [0.5, 0.6) is 0 Å². The minimum Gasteiger partial charge on any atom is -0.377 e. The molecule has 1 aliphatic heterocycles. The van der Waals surface area contributed by atoms with E-state index in [0.29, 0.717) is 31.6 Å². The molecule has 37 heavy (non-hydrogen) atoms. The van der Waals surface area contributed by atoms with Crippen molar-refractivity contribution in [2.45, 2.75) is 30.3 Å². The number of hydrogen-bond donors (Lipinski definition) is 0. The van der Waals surface area contributed by atoms with E-state index in [1.54, 1.807) is 36.5 Å². The maximum Gasteiger partial charge on any atom is 0.245 e. The number of ether oxygens (including phenoxy) is 1. The molecule has 1 saturated heterocycles. The normalized spacial score (nSPS) is 16.3. The maximum atomic E-state index is 14.0. The van der Waals surface area contributed by atoms with E-state index in [9.17, 15) is 12.8 Å². The number of thiazole rings is 1. The number of halogens is 1. The summed E-state index contributed by atoms with van der Waals surface area (Å²) >= 11 is 1.50. The van der Waals surface area contributed by atoms with E-state index in [2.05, 4.69) is 9.97 Å². The molecule has 1 fully saturated rings. The van der Waals surface area contributed by atoms with E-state index in [-0.39, 0.29) is 16.8 Å². The van der Waals surface area contributed by atoms with Crippen molar-refractivity contribution in [1.29, 1.82) is 0 Å². The van der Waals surface area contributed by atoms with Gasteiger partial charge in [0, 0.05) is 60.5 Å². The van der Waals surface area contributed by atoms with Gasteiger partial charge in [0.25, 0.3) is 0 Å². The molecule has 0 N–H and O–H groups in total. The van der Waals surface area contributed by atoms with Crippen LogP contribution >= 0.6 is 11.3 Å². The Labute approximate surface area is 218 Å². The largest absolute Gasteiger partial charge is 0.377 e. The Morgan fingerprint density at radius 2 is 1.97 bits per heavy atom. The summed E-state index contributed by atoms with van der Waals surface area (Å²) in [5.74, 6) is -0.292. The fourth-order valence-corrected chi connectivity index (χ4v) is 7.30. The van der Waals surface area contributed by atoms with Crippen LogP contribution in [0, 0.1) is 5.82 Å². The van der Waals surface area contributed by atoms with E-state index in [1.165, 1.54) is 27.8 Å². The van der Waals surface area contributed by atoms with Crippen LogP contribution in [-0.2, 0) is 21.2 Å². The predicted molar refractivity (Wildman–Crippen MR) is 142 cm³/mol. The van der Waals surface area contributed by atoms with Gasteiger partial charge in [-0.1, -0.05) is 18.2 Å². The third-order valence-electron chi connectivity index (χ3n) is 6.69. The molecule has 190 valence electrons. The van der Waals surface area contributed by atoms with Gasteiger partial charge in [-0.3, -0.25) is 9.38 Å². The van der Waals surface area contributed by atoms with Crippen LogP contribution in [0.3, 0.4) is 0 Å². The average Bonchev–Trinajstić information content (AvgIpc) is 3.65. The van der Waals surface area contributed by atoms with Gasteiger partial charge in [0.1, 0.15) is 10.7 Å². The van der Waals surface area contributed by atoms with Crippen molar-refractivity contribution in [3.63, 3.8) is 0 Å². The van der Waals surface area contributed by atoms with E-state index in [4.69, 9.17) is 4.74 Å². The van der Waals surface area contributed by atoms with Crippen molar-refractivity contribution in [3.05, 3.63) is 83.9 Å². The molecule has 10 heteroatoms. The zero-order valence-corrected chi connectivity index (χ0v) is 21.6. The minimum absolute atomic E-state index is 0.126. The molecule has 2 aromatic carbocycles. The molecule has 3 aromatic heterocycles. The zero-order valence-electron chi connectivity index (χ0n) is 20.0. The molecule has 5 aromatic rings. The van der Waals surface area contributed by atoms with Gasteiger partial charge in [0.15, 0.2) is 4.96 Å². The third kappa shape index (κ3) is 4.77. The summed E-state index contributed by atoms with van der Waals surface area (Å²) < 4.78 is 50.6. The minimum atomic E-state index is -3.83. The SMILES string of the molecule is O=S(=O)(c1cccc2cccnc12)N(CCc1csc2nc(-c3ccc(F)cc3)cn12)CC1CCCO1. The van der Waals surface area contributed by atoms with Gasteiger partial charge in [-0.25, -0.2) is 17.8 Å². The zero-order chi connectivity index (χ0) is 25.4.